The van der Waals surface area contributed by atoms with Gasteiger partial charge in [-0.25, -0.2) is 4.98 Å². The molecule has 0 fully saturated rings. The summed E-state index contributed by atoms with van der Waals surface area (Å²) < 4.78 is 2.15. The Hall–Kier alpha value is -2.83. The lowest BCUT2D eigenvalue weighted by atomic mass is 10.1. The van der Waals surface area contributed by atoms with E-state index < -0.39 is 0 Å². The first-order valence-corrected chi connectivity index (χ1v) is 12.1. The van der Waals surface area contributed by atoms with E-state index in [0.717, 1.165) is 34.3 Å². The van der Waals surface area contributed by atoms with Gasteiger partial charge in [0.1, 0.15) is 5.82 Å². The van der Waals surface area contributed by atoms with Crippen LogP contribution in [0, 0.1) is 0 Å². The normalized spacial score (nSPS) is 11.1. The van der Waals surface area contributed by atoms with E-state index in [-0.39, 0.29) is 5.91 Å². The third-order valence-electron chi connectivity index (χ3n) is 4.88. The van der Waals surface area contributed by atoms with Crippen molar-refractivity contribution in [2.75, 3.05) is 5.32 Å². The van der Waals surface area contributed by atoms with Gasteiger partial charge in [-0.2, -0.15) is 0 Å². The molecule has 4 rings (SSSR count). The summed E-state index contributed by atoms with van der Waals surface area (Å²) in [5.74, 6) is 2.20. The number of thioether (sulfide) groups is 1. The fourth-order valence-corrected chi connectivity index (χ4v) is 5.24. The summed E-state index contributed by atoms with van der Waals surface area (Å²) in [6.07, 6.45) is 3.84. The lowest BCUT2D eigenvalue weighted by molar-refractivity contribution is 0.102. The number of hydrogen-bond acceptors (Lipinski definition) is 4. The molecular weight excluding hydrogens is 422 g/mol. The first kappa shape index (κ1) is 21.4. The Bertz CT molecular complexity index is 1150. The number of nitrogens with zero attached hydrogens (tertiary/aromatic N) is 2. The molecule has 0 bridgehead atoms. The molecule has 0 saturated heterocycles. The van der Waals surface area contributed by atoms with Crippen LogP contribution in [0.15, 0.2) is 83.3 Å². The summed E-state index contributed by atoms with van der Waals surface area (Å²) in [6, 6.07) is 20.0. The summed E-state index contributed by atoms with van der Waals surface area (Å²) in [5.41, 5.74) is 2.62. The summed E-state index contributed by atoms with van der Waals surface area (Å²) in [7, 11) is 0. The number of hydrogen-bond donors (Lipinski definition) is 1. The zero-order chi connectivity index (χ0) is 21.6. The molecular formula is C25H25N3OS2. The van der Waals surface area contributed by atoms with Crippen LogP contribution in [0.2, 0.25) is 0 Å². The molecule has 2 aromatic carbocycles. The molecule has 158 valence electrons. The zero-order valence-corrected chi connectivity index (χ0v) is 19.2. The van der Waals surface area contributed by atoms with E-state index in [0.29, 0.717) is 11.5 Å². The Balaban J connectivity index is 1.47. The third-order valence-corrected chi connectivity index (χ3v) is 7.07. The lowest BCUT2D eigenvalue weighted by Gasteiger charge is -2.13. The van der Waals surface area contributed by atoms with Crippen molar-refractivity contribution in [2.24, 2.45) is 0 Å². The molecule has 2 aromatic heterocycles. The number of benzene rings is 2. The molecule has 1 N–H and O–H groups in total. The van der Waals surface area contributed by atoms with Crippen LogP contribution in [-0.4, -0.2) is 15.5 Å². The fourth-order valence-electron chi connectivity index (χ4n) is 3.42. The maximum Gasteiger partial charge on any atom is 0.256 e. The number of nitrogens with one attached hydrogen (secondary N) is 1. The molecule has 0 spiro atoms. The van der Waals surface area contributed by atoms with Crippen LogP contribution in [0.5, 0.6) is 0 Å². The van der Waals surface area contributed by atoms with E-state index in [1.165, 1.54) is 4.88 Å². The Kier molecular flexibility index (Phi) is 6.89. The molecule has 0 atom stereocenters. The Morgan fingerprint density at radius 2 is 2.00 bits per heavy atom. The summed E-state index contributed by atoms with van der Waals surface area (Å²) in [4.78, 5) is 19.8. The molecule has 1 amide bonds. The van der Waals surface area contributed by atoms with Gasteiger partial charge < -0.3 is 9.88 Å². The van der Waals surface area contributed by atoms with Gasteiger partial charge in [0.15, 0.2) is 0 Å². The van der Waals surface area contributed by atoms with Crippen LogP contribution < -0.4 is 5.32 Å². The second-order valence-electron chi connectivity index (χ2n) is 7.59. The van der Waals surface area contributed by atoms with Crippen molar-refractivity contribution < 1.29 is 4.79 Å². The topological polar surface area (TPSA) is 46.9 Å². The quantitative estimate of drug-likeness (QED) is 0.307. The van der Waals surface area contributed by atoms with E-state index in [1.807, 2.05) is 54.9 Å². The van der Waals surface area contributed by atoms with Crippen LogP contribution in [0.1, 0.15) is 46.4 Å². The molecule has 4 aromatic rings. The number of imidazole rings is 1. The van der Waals surface area contributed by atoms with E-state index >= 15 is 0 Å². The van der Waals surface area contributed by atoms with Gasteiger partial charge in [0, 0.05) is 46.1 Å². The number of rotatable bonds is 8. The van der Waals surface area contributed by atoms with Crippen molar-refractivity contribution >= 4 is 34.7 Å². The minimum atomic E-state index is -0.0862. The Morgan fingerprint density at radius 3 is 2.81 bits per heavy atom. The molecule has 4 nitrogen and oxygen atoms in total. The van der Waals surface area contributed by atoms with Gasteiger partial charge in [-0.3, -0.25) is 4.79 Å². The van der Waals surface area contributed by atoms with Crippen molar-refractivity contribution in [2.45, 2.75) is 37.0 Å². The highest BCUT2D eigenvalue weighted by Gasteiger charge is 2.13. The molecule has 0 saturated carbocycles. The van der Waals surface area contributed by atoms with Gasteiger partial charge in [0.05, 0.1) is 5.56 Å². The van der Waals surface area contributed by atoms with E-state index in [2.05, 4.69) is 52.3 Å². The summed E-state index contributed by atoms with van der Waals surface area (Å²) >= 11 is 3.43. The molecule has 6 heteroatoms. The lowest BCUT2D eigenvalue weighted by Crippen LogP contribution is -2.13. The number of amides is 1. The molecule has 0 unspecified atom stereocenters. The predicted octanol–water partition coefficient (Wildman–Crippen LogP) is 6.66. The van der Waals surface area contributed by atoms with Gasteiger partial charge in [0.25, 0.3) is 5.91 Å². The first-order valence-electron chi connectivity index (χ1n) is 10.3. The predicted molar refractivity (Wildman–Crippen MR) is 130 cm³/mol. The third kappa shape index (κ3) is 5.46. The number of carbonyl (C=O) groups is 1. The molecule has 0 aliphatic heterocycles. The number of aromatic nitrogens is 2. The molecule has 2 heterocycles. The molecule has 0 aliphatic carbocycles. The highest BCUT2D eigenvalue weighted by Crippen LogP contribution is 2.28. The average Bonchev–Trinajstić information content (AvgIpc) is 3.45. The monoisotopic (exact) mass is 447 g/mol. The van der Waals surface area contributed by atoms with Gasteiger partial charge in [0.2, 0.25) is 0 Å². The average molecular weight is 448 g/mol. The van der Waals surface area contributed by atoms with Gasteiger partial charge in [-0.05, 0) is 41.3 Å². The van der Waals surface area contributed by atoms with Crippen molar-refractivity contribution in [3.05, 3.63) is 100 Å². The first-order chi connectivity index (χ1) is 15.1. The van der Waals surface area contributed by atoms with Crippen LogP contribution in [-0.2, 0) is 12.3 Å². The van der Waals surface area contributed by atoms with Gasteiger partial charge in [-0.1, -0.05) is 44.2 Å². The minimum Gasteiger partial charge on any atom is -0.330 e. The minimum absolute atomic E-state index is 0.0862. The number of carbonyl (C=O) groups excluding carboxylic acids is 1. The molecule has 31 heavy (non-hydrogen) atoms. The van der Waals surface area contributed by atoms with Crippen LogP contribution in [0.25, 0.3) is 0 Å². The zero-order valence-electron chi connectivity index (χ0n) is 17.6. The summed E-state index contributed by atoms with van der Waals surface area (Å²) in [5, 5.41) is 5.15. The maximum atomic E-state index is 13.0. The summed E-state index contributed by atoms with van der Waals surface area (Å²) in [6.45, 7) is 5.01. The van der Waals surface area contributed by atoms with E-state index in [1.54, 1.807) is 23.1 Å². The Morgan fingerprint density at radius 1 is 1.13 bits per heavy atom. The highest BCUT2D eigenvalue weighted by molar-refractivity contribution is 7.98. The second-order valence-corrected chi connectivity index (χ2v) is 9.64. The van der Waals surface area contributed by atoms with Crippen LogP contribution >= 0.6 is 23.1 Å². The van der Waals surface area contributed by atoms with Crippen LogP contribution in [0.3, 0.4) is 0 Å². The highest BCUT2D eigenvalue weighted by atomic mass is 32.2. The SMILES string of the molecule is CC(C)c1nccn1Cc1cccc(NC(=O)c2ccccc2SCc2cccs2)c1. The van der Waals surface area contributed by atoms with E-state index in [9.17, 15) is 4.79 Å². The van der Waals surface area contributed by atoms with Crippen molar-refractivity contribution in [1.82, 2.24) is 9.55 Å². The molecule has 0 radical (unpaired) electrons. The maximum absolute atomic E-state index is 13.0. The largest absolute Gasteiger partial charge is 0.330 e. The molecule has 0 aliphatic rings. The van der Waals surface area contributed by atoms with Crippen molar-refractivity contribution in [3.63, 3.8) is 0 Å². The number of thiophene rings is 1. The standard InChI is InChI=1S/C25H25N3OS2/c1-18(2)24-26-12-13-28(24)16-19-7-5-8-20(15-19)27-25(29)22-10-3-4-11-23(22)31-17-21-9-6-14-30-21/h3-15,18H,16-17H2,1-2H3,(H,27,29). The fraction of sp³-hybridized carbons (Fsp3) is 0.200. The van der Waals surface area contributed by atoms with Gasteiger partial charge >= 0.3 is 0 Å². The Labute approximate surface area is 191 Å². The van der Waals surface area contributed by atoms with Crippen LogP contribution in [0.4, 0.5) is 5.69 Å². The second kappa shape index (κ2) is 9.98. The van der Waals surface area contributed by atoms with Crippen molar-refractivity contribution in [3.8, 4) is 0 Å². The van der Waals surface area contributed by atoms with E-state index in [4.69, 9.17) is 0 Å². The smallest absolute Gasteiger partial charge is 0.256 e. The number of anilines is 1. The van der Waals surface area contributed by atoms with Gasteiger partial charge in [-0.15, -0.1) is 23.1 Å². The van der Waals surface area contributed by atoms with Crippen molar-refractivity contribution in [1.29, 1.82) is 0 Å².